The summed E-state index contributed by atoms with van der Waals surface area (Å²) in [6, 6.07) is 24.3. The zero-order valence-electron chi connectivity index (χ0n) is 20.9. The van der Waals surface area contributed by atoms with Gasteiger partial charge in [0.25, 0.3) is 5.91 Å². The molecule has 0 unspecified atom stereocenters. The predicted octanol–water partition coefficient (Wildman–Crippen LogP) is 6.30. The molecule has 5 aromatic rings. The first-order chi connectivity index (χ1) is 17.9. The molecule has 0 aliphatic carbocycles. The third-order valence-corrected chi connectivity index (χ3v) is 6.05. The van der Waals surface area contributed by atoms with Gasteiger partial charge < -0.3 is 5.32 Å². The number of ketones is 1. The molecule has 0 fully saturated rings. The third kappa shape index (κ3) is 5.11. The van der Waals surface area contributed by atoms with Gasteiger partial charge in [-0.2, -0.15) is 10.2 Å². The number of nitrogens with one attached hydrogen (secondary N) is 2. The van der Waals surface area contributed by atoms with Crippen LogP contribution < -0.4 is 5.32 Å². The molecule has 0 radical (unpaired) electrons. The van der Waals surface area contributed by atoms with Gasteiger partial charge >= 0.3 is 0 Å². The van der Waals surface area contributed by atoms with Crippen molar-refractivity contribution in [3.8, 4) is 0 Å². The smallest absolute Gasteiger partial charge is 0.273 e. The Balaban J connectivity index is 1.35. The highest BCUT2D eigenvalue weighted by Gasteiger charge is 2.17. The molecule has 7 nitrogen and oxygen atoms in total. The normalized spacial score (nSPS) is 11.5. The highest BCUT2D eigenvalue weighted by atomic mass is 16.2. The summed E-state index contributed by atoms with van der Waals surface area (Å²) in [5, 5.41) is 15.7. The number of amides is 1. The van der Waals surface area contributed by atoms with Crippen molar-refractivity contribution in [3.05, 3.63) is 113 Å². The molecular formula is C30H27N5O2. The van der Waals surface area contributed by atoms with Crippen molar-refractivity contribution in [2.75, 3.05) is 5.32 Å². The second-order valence-electron chi connectivity index (χ2n) is 9.19. The number of hydrogen-bond acceptors (Lipinski definition) is 4. The standard InChI is InChI=1S/C30H27N5O2/c1-19(2)35-28(16-20(3)34-35)30(37)31-24-11-7-10-22(17-24)29(36)23-13-14-25-26(32-33-27(25)18-23)15-12-21-8-5-4-6-9-21/h4-19H,1-3H3,(H,31,37)(H,32,33)/b15-12+. The van der Waals surface area contributed by atoms with Crippen LogP contribution in [0.1, 0.15) is 63.3 Å². The number of carbonyl (C=O) groups is 2. The second kappa shape index (κ2) is 10.1. The van der Waals surface area contributed by atoms with E-state index in [1.165, 1.54) is 0 Å². The lowest BCUT2D eigenvalue weighted by atomic mass is 10.0. The maximum atomic E-state index is 13.3. The SMILES string of the molecule is Cc1cc(C(=O)Nc2cccc(C(=O)c3ccc4c(/C=C/c5ccccc5)n[nH]c4c3)c2)n(C(C)C)n1. The van der Waals surface area contributed by atoms with E-state index in [9.17, 15) is 9.59 Å². The van der Waals surface area contributed by atoms with Gasteiger partial charge in [-0.3, -0.25) is 19.4 Å². The molecule has 0 saturated heterocycles. The lowest BCUT2D eigenvalue weighted by Gasteiger charge is -2.11. The third-order valence-electron chi connectivity index (χ3n) is 6.05. The van der Waals surface area contributed by atoms with E-state index in [4.69, 9.17) is 0 Å². The summed E-state index contributed by atoms with van der Waals surface area (Å²) in [7, 11) is 0. The number of aryl methyl sites for hydroxylation is 1. The molecule has 7 heteroatoms. The predicted molar refractivity (Wildman–Crippen MR) is 147 cm³/mol. The summed E-state index contributed by atoms with van der Waals surface area (Å²) in [6.07, 6.45) is 3.96. The lowest BCUT2D eigenvalue weighted by molar-refractivity contribution is 0.101. The molecule has 0 bridgehead atoms. The number of anilines is 1. The van der Waals surface area contributed by atoms with Crippen LogP contribution in [0.25, 0.3) is 23.1 Å². The van der Waals surface area contributed by atoms with Crippen molar-refractivity contribution in [1.82, 2.24) is 20.0 Å². The molecule has 2 aromatic heterocycles. The number of hydrogen-bond donors (Lipinski definition) is 2. The van der Waals surface area contributed by atoms with E-state index in [-0.39, 0.29) is 17.7 Å². The highest BCUT2D eigenvalue weighted by molar-refractivity contribution is 6.12. The van der Waals surface area contributed by atoms with Crippen LogP contribution in [0.15, 0.2) is 78.9 Å². The lowest BCUT2D eigenvalue weighted by Crippen LogP contribution is -2.19. The molecule has 0 aliphatic rings. The van der Waals surface area contributed by atoms with Gasteiger partial charge in [0.05, 0.1) is 16.9 Å². The molecule has 3 aromatic carbocycles. The topological polar surface area (TPSA) is 92.7 Å². The Hall–Kier alpha value is -4.78. The minimum atomic E-state index is -0.270. The Morgan fingerprint density at radius 2 is 1.70 bits per heavy atom. The summed E-state index contributed by atoms with van der Waals surface area (Å²) in [5.41, 5.74) is 5.48. The Labute approximate surface area is 214 Å². The Morgan fingerprint density at radius 3 is 2.49 bits per heavy atom. The quantitative estimate of drug-likeness (QED) is 0.262. The van der Waals surface area contributed by atoms with Crippen molar-refractivity contribution < 1.29 is 9.59 Å². The van der Waals surface area contributed by atoms with Crippen LogP contribution >= 0.6 is 0 Å². The molecule has 2 N–H and O–H groups in total. The van der Waals surface area contributed by atoms with E-state index < -0.39 is 0 Å². The van der Waals surface area contributed by atoms with Crippen molar-refractivity contribution in [2.24, 2.45) is 0 Å². The summed E-state index contributed by atoms with van der Waals surface area (Å²) in [4.78, 5) is 26.2. The van der Waals surface area contributed by atoms with Gasteiger partial charge in [0.1, 0.15) is 5.69 Å². The fraction of sp³-hybridized carbons (Fsp3) is 0.133. The number of H-pyrrole nitrogens is 1. The average Bonchev–Trinajstić information content (AvgIpc) is 3.51. The Morgan fingerprint density at radius 1 is 0.919 bits per heavy atom. The maximum absolute atomic E-state index is 13.3. The van der Waals surface area contributed by atoms with Crippen LogP contribution in [-0.4, -0.2) is 31.7 Å². The molecule has 0 aliphatic heterocycles. The van der Waals surface area contributed by atoms with E-state index in [1.807, 2.05) is 69.3 Å². The molecule has 1 amide bonds. The van der Waals surface area contributed by atoms with E-state index in [0.29, 0.717) is 22.5 Å². The van der Waals surface area contributed by atoms with Crippen LogP contribution in [0.4, 0.5) is 5.69 Å². The van der Waals surface area contributed by atoms with Crippen LogP contribution in [0.3, 0.4) is 0 Å². The van der Waals surface area contributed by atoms with Crippen LogP contribution in [-0.2, 0) is 0 Å². The Kier molecular flexibility index (Phi) is 6.51. The average molecular weight is 490 g/mol. The first kappa shape index (κ1) is 23.9. The number of fused-ring (bicyclic) bond motifs is 1. The number of aromatic nitrogens is 4. The molecule has 0 saturated carbocycles. The van der Waals surface area contributed by atoms with E-state index in [1.54, 1.807) is 47.1 Å². The molecular weight excluding hydrogens is 462 g/mol. The number of carbonyl (C=O) groups excluding carboxylic acids is 2. The monoisotopic (exact) mass is 489 g/mol. The number of benzene rings is 3. The van der Waals surface area contributed by atoms with Gasteiger partial charge in [0.15, 0.2) is 5.78 Å². The number of aromatic amines is 1. The minimum Gasteiger partial charge on any atom is -0.321 e. The highest BCUT2D eigenvalue weighted by Crippen LogP contribution is 2.23. The zero-order valence-corrected chi connectivity index (χ0v) is 20.9. The number of rotatable bonds is 7. The molecule has 0 atom stereocenters. The summed E-state index contributed by atoms with van der Waals surface area (Å²) in [5.74, 6) is -0.411. The van der Waals surface area contributed by atoms with Crippen LogP contribution in [0.2, 0.25) is 0 Å². The number of nitrogens with zero attached hydrogens (tertiary/aromatic N) is 3. The van der Waals surface area contributed by atoms with Gasteiger partial charge in [-0.05, 0) is 62.7 Å². The van der Waals surface area contributed by atoms with Gasteiger partial charge in [-0.1, -0.05) is 54.6 Å². The van der Waals surface area contributed by atoms with Crippen LogP contribution in [0.5, 0.6) is 0 Å². The first-order valence-corrected chi connectivity index (χ1v) is 12.1. The van der Waals surface area contributed by atoms with E-state index >= 15 is 0 Å². The molecule has 0 spiro atoms. The van der Waals surface area contributed by atoms with Crippen molar-refractivity contribution in [1.29, 1.82) is 0 Å². The zero-order chi connectivity index (χ0) is 25.9. The van der Waals surface area contributed by atoms with Gasteiger partial charge in [0.2, 0.25) is 0 Å². The fourth-order valence-electron chi connectivity index (χ4n) is 4.23. The largest absolute Gasteiger partial charge is 0.321 e. The van der Waals surface area contributed by atoms with Crippen molar-refractivity contribution in [2.45, 2.75) is 26.8 Å². The summed E-state index contributed by atoms with van der Waals surface area (Å²) < 4.78 is 1.70. The Bertz CT molecular complexity index is 1630. The summed E-state index contributed by atoms with van der Waals surface area (Å²) in [6.45, 7) is 5.80. The second-order valence-corrected chi connectivity index (χ2v) is 9.19. The van der Waals surface area contributed by atoms with Gasteiger partial charge in [-0.25, -0.2) is 0 Å². The van der Waals surface area contributed by atoms with Gasteiger partial charge in [0, 0.05) is 28.2 Å². The van der Waals surface area contributed by atoms with Crippen molar-refractivity contribution >= 4 is 40.4 Å². The first-order valence-electron chi connectivity index (χ1n) is 12.1. The van der Waals surface area contributed by atoms with Crippen LogP contribution in [0, 0.1) is 6.92 Å². The molecule has 5 rings (SSSR count). The molecule has 184 valence electrons. The molecule has 37 heavy (non-hydrogen) atoms. The summed E-state index contributed by atoms with van der Waals surface area (Å²) >= 11 is 0. The minimum absolute atomic E-state index is 0.0501. The van der Waals surface area contributed by atoms with E-state index in [0.717, 1.165) is 27.9 Å². The molecule has 2 heterocycles. The fourth-order valence-corrected chi connectivity index (χ4v) is 4.23. The van der Waals surface area contributed by atoms with E-state index in [2.05, 4.69) is 20.6 Å². The van der Waals surface area contributed by atoms with Crippen molar-refractivity contribution in [3.63, 3.8) is 0 Å². The maximum Gasteiger partial charge on any atom is 0.273 e. The van der Waals surface area contributed by atoms with Gasteiger partial charge in [-0.15, -0.1) is 0 Å².